The van der Waals surface area contributed by atoms with Crippen molar-refractivity contribution in [3.05, 3.63) is 24.3 Å². The Labute approximate surface area is 157 Å². The molecule has 0 aromatic heterocycles. The average molecular weight is 376 g/mol. The van der Waals surface area contributed by atoms with Crippen molar-refractivity contribution >= 4 is 23.5 Å². The molecule has 2 aliphatic heterocycles. The lowest BCUT2D eigenvalue weighted by Gasteiger charge is -2.32. The highest BCUT2D eigenvalue weighted by Gasteiger charge is 2.33. The molecule has 27 heavy (non-hydrogen) atoms. The summed E-state index contributed by atoms with van der Waals surface area (Å²) >= 11 is 0. The Hall–Kier alpha value is -2.61. The van der Waals surface area contributed by atoms with Gasteiger partial charge < -0.3 is 19.9 Å². The quantitative estimate of drug-likeness (QED) is 0.769. The molecule has 1 saturated heterocycles. The Morgan fingerprint density at radius 1 is 1.30 bits per heavy atom. The third-order valence-electron chi connectivity index (χ3n) is 5.05. The van der Waals surface area contributed by atoms with Crippen LogP contribution in [0, 0.1) is 11.8 Å². The van der Waals surface area contributed by atoms with E-state index in [0.717, 1.165) is 0 Å². The van der Waals surface area contributed by atoms with Crippen LogP contribution in [0.15, 0.2) is 24.3 Å². The highest BCUT2D eigenvalue weighted by molar-refractivity contribution is 6.03. The van der Waals surface area contributed by atoms with E-state index < -0.39 is 23.9 Å². The third kappa shape index (κ3) is 4.39. The third-order valence-corrected chi connectivity index (χ3v) is 5.05. The van der Waals surface area contributed by atoms with Crippen molar-refractivity contribution in [1.82, 2.24) is 5.32 Å². The molecule has 0 saturated carbocycles. The van der Waals surface area contributed by atoms with Crippen LogP contribution in [0.2, 0.25) is 0 Å². The van der Waals surface area contributed by atoms with Crippen LogP contribution in [-0.4, -0.2) is 55.3 Å². The molecule has 1 aromatic carbocycles. The first-order chi connectivity index (χ1) is 13.0. The number of carbonyl (C=O) groups excluding carboxylic acids is 2. The molecule has 0 bridgehead atoms. The minimum Gasteiger partial charge on any atom is -0.481 e. The standard InChI is InChI=1S/C19H24N2O6/c1-12-18(23)21(15-4-2-3-5-16(15)27-12)11-17(22)20-10-14(19(24)25)13-6-8-26-9-7-13/h2-5,12-14H,6-11H2,1H3,(H,20,22)(H,24,25). The summed E-state index contributed by atoms with van der Waals surface area (Å²) in [5.74, 6) is -1.77. The zero-order valence-electron chi connectivity index (χ0n) is 15.2. The fraction of sp³-hybridized carbons (Fsp3) is 0.526. The molecule has 2 atom stereocenters. The van der Waals surface area contributed by atoms with Gasteiger partial charge in [0.1, 0.15) is 12.3 Å². The Bertz CT molecular complexity index is 716. The second kappa shape index (κ2) is 8.39. The molecule has 2 heterocycles. The van der Waals surface area contributed by atoms with E-state index in [1.54, 1.807) is 31.2 Å². The summed E-state index contributed by atoms with van der Waals surface area (Å²) < 4.78 is 10.8. The lowest BCUT2D eigenvalue weighted by atomic mass is 9.86. The topological polar surface area (TPSA) is 105 Å². The number of rotatable bonds is 6. The fourth-order valence-corrected chi connectivity index (χ4v) is 3.52. The fourth-order valence-electron chi connectivity index (χ4n) is 3.52. The van der Waals surface area contributed by atoms with E-state index in [4.69, 9.17) is 9.47 Å². The molecule has 0 spiro atoms. The van der Waals surface area contributed by atoms with Gasteiger partial charge in [-0.3, -0.25) is 19.3 Å². The van der Waals surface area contributed by atoms with Gasteiger partial charge in [0.15, 0.2) is 6.10 Å². The molecule has 8 nitrogen and oxygen atoms in total. The number of nitrogens with zero attached hydrogens (tertiary/aromatic N) is 1. The molecule has 1 fully saturated rings. The Morgan fingerprint density at radius 3 is 2.70 bits per heavy atom. The van der Waals surface area contributed by atoms with Gasteiger partial charge in [-0.25, -0.2) is 0 Å². The van der Waals surface area contributed by atoms with Crippen LogP contribution in [0.3, 0.4) is 0 Å². The van der Waals surface area contributed by atoms with Crippen molar-refractivity contribution < 1.29 is 29.0 Å². The van der Waals surface area contributed by atoms with E-state index in [1.807, 2.05) is 0 Å². The minimum atomic E-state index is -0.927. The lowest BCUT2D eigenvalue weighted by Crippen LogP contribution is -2.49. The van der Waals surface area contributed by atoms with E-state index in [1.165, 1.54) is 4.90 Å². The maximum atomic E-state index is 12.4. The molecule has 3 rings (SSSR count). The minimum absolute atomic E-state index is 0.0256. The van der Waals surface area contributed by atoms with E-state index in [9.17, 15) is 19.5 Å². The van der Waals surface area contributed by atoms with Crippen molar-refractivity contribution in [2.45, 2.75) is 25.9 Å². The van der Waals surface area contributed by atoms with Gasteiger partial charge in [-0.1, -0.05) is 12.1 Å². The first kappa shape index (κ1) is 19.2. The molecular formula is C19H24N2O6. The van der Waals surface area contributed by atoms with Gasteiger partial charge in [0.05, 0.1) is 11.6 Å². The molecule has 146 valence electrons. The van der Waals surface area contributed by atoms with Gasteiger partial charge >= 0.3 is 5.97 Å². The molecule has 0 aliphatic carbocycles. The van der Waals surface area contributed by atoms with Gasteiger partial charge in [0.25, 0.3) is 5.91 Å². The number of hydrogen-bond donors (Lipinski definition) is 2. The summed E-state index contributed by atoms with van der Waals surface area (Å²) in [4.78, 5) is 37.8. The van der Waals surface area contributed by atoms with Crippen molar-refractivity contribution in [3.63, 3.8) is 0 Å². The van der Waals surface area contributed by atoms with Crippen molar-refractivity contribution in [2.75, 3.05) is 31.2 Å². The number of nitrogens with one attached hydrogen (secondary N) is 1. The van der Waals surface area contributed by atoms with Crippen LogP contribution >= 0.6 is 0 Å². The van der Waals surface area contributed by atoms with Gasteiger partial charge in [-0.2, -0.15) is 0 Å². The highest BCUT2D eigenvalue weighted by Crippen LogP contribution is 2.33. The second-order valence-electron chi connectivity index (χ2n) is 6.85. The number of anilines is 1. The Balaban J connectivity index is 1.63. The van der Waals surface area contributed by atoms with Crippen LogP contribution < -0.4 is 15.0 Å². The monoisotopic (exact) mass is 376 g/mol. The summed E-state index contributed by atoms with van der Waals surface area (Å²) in [6.07, 6.45) is 0.654. The van der Waals surface area contributed by atoms with Crippen molar-refractivity contribution in [2.24, 2.45) is 11.8 Å². The summed E-state index contributed by atoms with van der Waals surface area (Å²) in [6.45, 7) is 2.58. The summed E-state index contributed by atoms with van der Waals surface area (Å²) in [7, 11) is 0. The highest BCUT2D eigenvalue weighted by atomic mass is 16.5. The molecular weight excluding hydrogens is 352 g/mol. The second-order valence-corrected chi connectivity index (χ2v) is 6.85. The molecule has 2 amide bonds. The SMILES string of the molecule is CC1Oc2ccccc2N(CC(=O)NCC(C(=O)O)C2CCOCC2)C1=O. The molecule has 0 radical (unpaired) electrons. The molecule has 2 unspecified atom stereocenters. The summed E-state index contributed by atoms with van der Waals surface area (Å²) in [6, 6.07) is 7.02. The number of amides is 2. The molecule has 1 aromatic rings. The largest absolute Gasteiger partial charge is 0.481 e. The van der Waals surface area contributed by atoms with Crippen LogP contribution in [0.1, 0.15) is 19.8 Å². The van der Waals surface area contributed by atoms with E-state index in [2.05, 4.69) is 5.32 Å². The molecule has 2 aliphatic rings. The maximum Gasteiger partial charge on any atom is 0.308 e. The van der Waals surface area contributed by atoms with Crippen molar-refractivity contribution in [1.29, 1.82) is 0 Å². The van der Waals surface area contributed by atoms with Crippen LogP contribution in [-0.2, 0) is 19.1 Å². The number of carboxylic acid groups (broad SMARTS) is 1. The smallest absolute Gasteiger partial charge is 0.308 e. The predicted octanol–water partition coefficient (Wildman–Crippen LogP) is 1.04. The van der Waals surface area contributed by atoms with Gasteiger partial charge in [0.2, 0.25) is 5.91 Å². The van der Waals surface area contributed by atoms with Gasteiger partial charge in [0, 0.05) is 19.8 Å². The Morgan fingerprint density at radius 2 is 2.00 bits per heavy atom. The molecule has 8 heteroatoms. The molecule has 2 N–H and O–H groups in total. The number of aliphatic carboxylic acids is 1. The number of carboxylic acids is 1. The number of carbonyl (C=O) groups is 3. The van der Waals surface area contributed by atoms with E-state index in [0.29, 0.717) is 37.5 Å². The summed E-state index contributed by atoms with van der Waals surface area (Å²) in [5, 5.41) is 12.2. The van der Waals surface area contributed by atoms with E-state index >= 15 is 0 Å². The number of para-hydroxylation sites is 2. The first-order valence-electron chi connectivity index (χ1n) is 9.11. The van der Waals surface area contributed by atoms with Crippen LogP contribution in [0.5, 0.6) is 5.75 Å². The zero-order chi connectivity index (χ0) is 19.4. The van der Waals surface area contributed by atoms with Crippen molar-refractivity contribution in [3.8, 4) is 5.75 Å². The maximum absolute atomic E-state index is 12.4. The average Bonchev–Trinajstić information content (AvgIpc) is 2.66. The predicted molar refractivity (Wildman–Crippen MR) is 96.6 cm³/mol. The number of fused-ring (bicyclic) bond motifs is 1. The first-order valence-corrected chi connectivity index (χ1v) is 9.11. The lowest BCUT2D eigenvalue weighted by molar-refractivity contribution is -0.145. The van der Waals surface area contributed by atoms with E-state index in [-0.39, 0.29) is 24.9 Å². The number of hydrogen-bond acceptors (Lipinski definition) is 5. The Kier molecular flexibility index (Phi) is 5.95. The van der Waals surface area contributed by atoms with Gasteiger partial charge in [-0.15, -0.1) is 0 Å². The normalized spacial score (nSPS) is 21.1. The number of ether oxygens (including phenoxy) is 2. The van der Waals surface area contributed by atoms with Crippen LogP contribution in [0.25, 0.3) is 0 Å². The zero-order valence-corrected chi connectivity index (χ0v) is 15.2. The van der Waals surface area contributed by atoms with Crippen LogP contribution in [0.4, 0.5) is 5.69 Å². The van der Waals surface area contributed by atoms with Gasteiger partial charge in [-0.05, 0) is 37.8 Å². The summed E-state index contributed by atoms with van der Waals surface area (Å²) in [5.41, 5.74) is 0.537. The number of benzene rings is 1.